The van der Waals surface area contributed by atoms with Gasteiger partial charge in [-0.25, -0.2) is 0 Å². The zero-order valence-corrected chi connectivity index (χ0v) is 13.9. The topological polar surface area (TPSA) is 61.1 Å². The van der Waals surface area contributed by atoms with E-state index in [4.69, 9.17) is 0 Å². The summed E-state index contributed by atoms with van der Waals surface area (Å²) in [5.74, 6) is 0.184. The SMILES string of the molecule is C=CCN1C(=O)C2(CCCCC2)N[C@H]1c1cc(C#N)n(C)c1C. The molecule has 0 aromatic carbocycles. The predicted molar refractivity (Wildman–Crippen MR) is 88.5 cm³/mol. The van der Waals surface area contributed by atoms with E-state index in [1.807, 2.05) is 29.5 Å². The van der Waals surface area contributed by atoms with Crippen LogP contribution in [0.2, 0.25) is 0 Å². The van der Waals surface area contributed by atoms with E-state index >= 15 is 0 Å². The normalized spacial score (nSPS) is 23.3. The first-order valence-corrected chi connectivity index (χ1v) is 8.30. The highest BCUT2D eigenvalue weighted by Gasteiger charge is 2.51. The molecular formula is C18H24N4O. The number of nitrogens with one attached hydrogen (secondary N) is 1. The number of nitrogens with zero attached hydrogens (tertiary/aromatic N) is 3. The molecule has 5 nitrogen and oxygen atoms in total. The van der Waals surface area contributed by atoms with Gasteiger partial charge < -0.3 is 9.47 Å². The van der Waals surface area contributed by atoms with Gasteiger partial charge in [0.2, 0.25) is 5.91 Å². The van der Waals surface area contributed by atoms with E-state index in [2.05, 4.69) is 18.0 Å². The molecule has 1 atom stereocenters. The second-order valence-corrected chi connectivity index (χ2v) is 6.68. The largest absolute Gasteiger partial charge is 0.340 e. The van der Waals surface area contributed by atoms with Gasteiger partial charge >= 0.3 is 0 Å². The molecule has 1 aromatic heterocycles. The Balaban J connectivity index is 2.02. The quantitative estimate of drug-likeness (QED) is 0.873. The molecule has 1 aliphatic carbocycles. The van der Waals surface area contributed by atoms with Gasteiger partial charge in [0.1, 0.15) is 17.9 Å². The van der Waals surface area contributed by atoms with Gasteiger partial charge in [-0.15, -0.1) is 6.58 Å². The second-order valence-electron chi connectivity index (χ2n) is 6.68. The summed E-state index contributed by atoms with van der Waals surface area (Å²) in [6.07, 6.45) is 6.77. The molecule has 122 valence electrons. The molecule has 5 heteroatoms. The fourth-order valence-corrected chi connectivity index (χ4v) is 3.99. The maximum atomic E-state index is 13.1. The first-order valence-electron chi connectivity index (χ1n) is 8.30. The molecule has 3 rings (SSSR count). The molecule has 1 N–H and O–H groups in total. The number of carbonyl (C=O) groups excluding carboxylic acids is 1. The number of rotatable bonds is 3. The van der Waals surface area contributed by atoms with Gasteiger partial charge in [-0.1, -0.05) is 25.3 Å². The minimum atomic E-state index is -0.430. The second kappa shape index (κ2) is 5.86. The van der Waals surface area contributed by atoms with E-state index in [0.29, 0.717) is 12.2 Å². The molecule has 23 heavy (non-hydrogen) atoms. The summed E-state index contributed by atoms with van der Waals surface area (Å²) in [4.78, 5) is 14.9. The van der Waals surface area contributed by atoms with Crippen LogP contribution in [-0.4, -0.2) is 27.5 Å². The Hall–Kier alpha value is -2.06. The maximum Gasteiger partial charge on any atom is 0.244 e. The van der Waals surface area contributed by atoms with Crippen LogP contribution in [0.1, 0.15) is 55.2 Å². The highest BCUT2D eigenvalue weighted by atomic mass is 16.2. The maximum absolute atomic E-state index is 13.1. The minimum Gasteiger partial charge on any atom is -0.340 e. The van der Waals surface area contributed by atoms with Crippen LogP contribution >= 0.6 is 0 Å². The smallest absolute Gasteiger partial charge is 0.244 e. The molecule has 1 aliphatic heterocycles. The molecule has 0 radical (unpaired) electrons. The van der Waals surface area contributed by atoms with Gasteiger partial charge in [-0.05, 0) is 25.8 Å². The highest BCUT2D eigenvalue weighted by Crippen LogP contribution is 2.40. The first kappa shape index (κ1) is 15.8. The number of carbonyl (C=O) groups is 1. The summed E-state index contributed by atoms with van der Waals surface area (Å²) in [7, 11) is 1.89. The van der Waals surface area contributed by atoms with Crippen molar-refractivity contribution in [2.75, 3.05) is 6.54 Å². The van der Waals surface area contributed by atoms with Gasteiger partial charge in [0.25, 0.3) is 0 Å². The summed E-state index contributed by atoms with van der Waals surface area (Å²) in [5.41, 5.74) is 2.23. The summed E-state index contributed by atoms with van der Waals surface area (Å²) in [6.45, 7) is 6.33. The van der Waals surface area contributed by atoms with Gasteiger partial charge in [0, 0.05) is 24.8 Å². The molecule has 0 bridgehead atoms. The average molecular weight is 312 g/mol. The average Bonchev–Trinajstić information content (AvgIpc) is 2.99. The van der Waals surface area contributed by atoms with Crippen molar-refractivity contribution in [2.24, 2.45) is 7.05 Å². The van der Waals surface area contributed by atoms with Crippen molar-refractivity contribution in [3.05, 3.63) is 35.7 Å². The van der Waals surface area contributed by atoms with Crippen molar-refractivity contribution in [3.8, 4) is 6.07 Å². The van der Waals surface area contributed by atoms with Crippen LogP contribution in [0.25, 0.3) is 0 Å². The van der Waals surface area contributed by atoms with E-state index in [-0.39, 0.29) is 12.1 Å². The molecule has 1 saturated heterocycles. The van der Waals surface area contributed by atoms with Gasteiger partial charge in [0.15, 0.2) is 0 Å². The third-order valence-electron chi connectivity index (χ3n) is 5.41. The summed E-state index contributed by atoms with van der Waals surface area (Å²) in [5, 5.41) is 12.9. The van der Waals surface area contributed by atoms with E-state index in [1.165, 1.54) is 6.42 Å². The van der Waals surface area contributed by atoms with Crippen LogP contribution in [0.3, 0.4) is 0 Å². The van der Waals surface area contributed by atoms with Gasteiger partial charge in [-0.2, -0.15) is 5.26 Å². The Bertz CT molecular complexity index is 676. The van der Waals surface area contributed by atoms with Crippen molar-refractivity contribution in [2.45, 2.75) is 50.7 Å². The van der Waals surface area contributed by atoms with E-state index in [1.54, 1.807) is 6.08 Å². The third kappa shape index (κ3) is 2.38. The Labute approximate surface area is 137 Å². The molecule has 1 aromatic rings. The summed E-state index contributed by atoms with van der Waals surface area (Å²) in [6, 6.07) is 4.12. The zero-order valence-electron chi connectivity index (χ0n) is 13.9. The lowest BCUT2D eigenvalue weighted by molar-refractivity contribution is -0.133. The number of nitriles is 1. The fraction of sp³-hybridized carbons (Fsp3) is 0.556. The third-order valence-corrected chi connectivity index (χ3v) is 5.41. The summed E-state index contributed by atoms with van der Waals surface area (Å²) < 4.78 is 1.89. The lowest BCUT2D eigenvalue weighted by Gasteiger charge is -2.31. The van der Waals surface area contributed by atoms with E-state index < -0.39 is 5.54 Å². The Morgan fingerprint density at radius 1 is 1.48 bits per heavy atom. The first-order chi connectivity index (χ1) is 11.0. The number of aromatic nitrogens is 1. The van der Waals surface area contributed by atoms with Crippen LogP contribution in [0.15, 0.2) is 18.7 Å². The predicted octanol–water partition coefficient (Wildman–Crippen LogP) is 2.52. The number of hydrogen-bond acceptors (Lipinski definition) is 3. The molecule has 2 heterocycles. The zero-order chi connectivity index (χ0) is 16.6. The molecule has 2 fully saturated rings. The fourth-order valence-electron chi connectivity index (χ4n) is 3.99. The van der Waals surface area contributed by atoms with Crippen LogP contribution in [-0.2, 0) is 11.8 Å². The molecule has 2 aliphatic rings. The molecule has 0 unspecified atom stereocenters. The lowest BCUT2D eigenvalue weighted by atomic mass is 9.81. The van der Waals surface area contributed by atoms with Crippen molar-refractivity contribution in [1.29, 1.82) is 5.26 Å². The minimum absolute atomic E-state index is 0.174. The molecule has 1 spiro atoms. The molecule has 1 saturated carbocycles. The number of hydrogen-bond donors (Lipinski definition) is 1. The standard InChI is InChI=1S/C18H24N4O/c1-4-10-22-16(15-11-14(12-19)21(3)13(15)2)20-18(17(22)23)8-6-5-7-9-18/h4,11,16,20H,1,5-10H2,2-3H3/t16-/m1/s1. The Kier molecular flexibility index (Phi) is 4.03. The Morgan fingerprint density at radius 2 is 2.17 bits per heavy atom. The van der Waals surface area contributed by atoms with Crippen molar-refractivity contribution >= 4 is 5.91 Å². The molecule has 1 amide bonds. The lowest BCUT2D eigenvalue weighted by Crippen LogP contribution is -2.48. The number of amides is 1. The summed E-state index contributed by atoms with van der Waals surface area (Å²) >= 11 is 0. The van der Waals surface area contributed by atoms with Gasteiger partial charge in [-0.3, -0.25) is 10.1 Å². The van der Waals surface area contributed by atoms with Crippen LogP contribution in [0.4, 0.5) is 0 Å². The van der Waals surface area contributed by atoms with Crippen LogP contribution < -0.4 is 5.32 Å². The van der Waals surface area contributed by atoms with Crippen molar-refractivity contribution in [3.63, 3.8) is 0 Å². The van der Waals surface area contributed by atoms with Crippen molar-refractivity contribution < 1.29 is 4.79 Å². The van der Waals surface area contributed by atoms with E-state index in [0.717, 1.165) is 36.9 Å². The van der Waals surface area contributed by atoms with Crippen molar-refractivity contribution in [1.82, 2.24) is 14.8 Å². The van der Waals surface area contributed by atoms with E-state index in [9.17, 15) is 10.1 Å². The molecular weight excluding hydrogens is 288 g/mol. The Morgan fingerprint density at radius 3 is 2.74 bits per heavy atom. The highest BCUT2D eigenvalue weighted by molar-refractivity contribution is 5.89. The van der Waals surface area contributed by atoms with Crippen LogP contribution in [0, 0.1) is 18.3 Å². The monoisotopic (exact) mass is 312 g/mol. The van der Waals surface area contributed by atoms with Gasteiger partial charge in [0.05, 0.1) is 5.54 Å². The van der Waals surface area contributed by atoms with Crippen LogP contribution in [0.5, 0.6) is 0 Å².